The highest BCUT2D eigenvalue weighted by atomic mass is 32.2. The molecule has 0 saturated heterocycles. The van der Waals surface area contributed by atoms with E-state index in [4.69, 9.17) is 6.42 Å². The lowest BCUT2D eigenvalue weighted by molar-refractivity contribution is 0.591. The molecule has 0 saturated carbocycles. The lowest BCUT2D eigenvalue weighted by Gasteiger charge is -2.02. The van der Waals surface area contributed by atoms with Gasteiger partial charge in [0.15, 0.2) is 9.84 Å². The van der Waals surface area contributed by atoms with Gasteiger partial charge in [0.1, 0.15) is 0 Å². The first-order valence-corrected chi connectivity index (χ1v) is 6.29. The fourth-order valence-electron chi connectivity index (χ4n) is 0.812. The zero-order chi connectivity index (χ0) is 10.2. The van der Waals surface area contributed by atoms with E-state index in [-0.39, 0.29) is 11.5 Å². The molecule has 0 atom stereocenters. The van der Waals surface area contributed by atoms with E-state index in [1.165, 1.54) is 0 Å². The van der Waals surface area contributed by atoms with Crippen molar-refractivity contribution in [2.24, 2.45) is 0 Å². The molecule has 0 aliphatic rings. The molecule has 0 aromatic rings. The fourth-order valence-corrected chi connectivity index (χ4v) is 1.56. The Hall–Kier alpha value is -0.530. The van der Waals surface area contributed by atoms with Crippen LogP contribution in [0.4, 0.5) is 0 Å². The van der Waals surface area contributed by atoms with Crippen molar-refractivity contribution >= 4 is 9.84 Å². The molecule has 76 valence electrons. The average Bonchev–Trinajstić information content (AvgIpc) is 2.11. The summed E-state index contributed by atoms with van der Waals surface area (Å²) in [5, 5.41) is 3.04. The van der Waals surface area contributed by atoms with Gasteiger partial charge in [0, 0.05) is 18.7 Å². The maximum atomic E-state index is 11.0. The fraction of sp³-hybridized carbons (Fsp3) is 0.778. The van der Waals surface area contributed by atoms with Crippen molar-refractivity contribution in [3.8, 4) is 12.3 Å². The van der Waals surface area contributed by atoms with Gasteiger partial charge < -0.3 is 5.32 Å². The molecule has 0 amide bonds. The van der Waals surface area contributed by atoms with Crippen LogP contribution in [-0.2, 0) is 9.84 Å². The van der Waals surface area contributed by atoms with E-state index in [0.717, 1.165) is 19.4 Å². The van der Waals surface area contributed by atoms with Gasteiger partial charge in [-0.3, -0.25) is 0 Å². The smallest absolute Gasteiger partial charge is 0.151 e. The summed E-state index contributed by atoms with van der Waals surface area (Å²) in [4.78, 5) is 0. The van der Waals surface area contributed by atoms with Gasteiger partial charge in [-0.15, -0.1) is 12.3 Å². The predicted molar refractivity (Wildman–Crippen MR) is 55.3 cm³/mol. The Morgan fingerprint density at radius 3 is 2.62 bits per heavy atom. The maximum Gasteiger partial charge on any atom is 0.151 e. The third-order valence-corrected chi connectivity index (χ3v) is 3.41. The summed E-state index contributed by atoms with van der Waals surface area (Å²) in [6.07, 6.45) is 6.71. The van der Waals surface area contributed by atoms with Crippen molar-refractivity contribution in [2.45, 2.75) is 19.8 Å². The molecule has 0 radical (unpaired) electrons. The van der Waals surface area contributed by atoms with Gasteiger partial charge in [-0.1, -0.05) is 6.92 Å². The Bertz CT molecular complexity index is 251. The largest absolute Gasteiger partial charge is 0.316 e. The molecular weight excluding hydrogens is 186 g/mol. The Labute approximate surface area is 80.8 Å². The molecule has 0 bridgehead atoms. The first-order valence-electron chi connectivity index (χ1n) is 4.47. The molecule has 0 aliphatic heterocycles. The summed E-state index contributed by atoms with van der Waals surface area (Å²) in [7, 11) is -2.82. The van der Waals surface area contributed by atoms with Crippen LogP contribution >= 0.6 is 0 Å². The van der Waals surface area contributed by atoms with Crippen LogP contribution in [-0.4, -0.2) is 33.0 Å². The summed E-state index contributed by atoms with van der Waals surface area (Å²) < 4.78 is 22.0. The summed E-state index contributed by atoms with van der Waals surface area (Å²) in [6, 6.07) is 0. The highest BCUT2D eigenvalue weighted by Crippen LogP contribution is 1.87. The molecule has 0 rings (SSSR count). The van der Waals surface area contributed by atoms with Gasteiger partial charge in [0.25, 0.3) is 0 Å². The SMILES string of the molecule is C#CCCCNCCS(=O)(=O)CC. The van der Waals surface area contributed by atoms with Gasteiger partial charge >= 0.3 is 0 Å². The van der Waals surface area contributed by atoms with E-state index in [9.17, 15) is 8.42 Å². The molecule has 0 heterocycles. The van der Waals surface area contributed by atoms with Crippen LogP contribution in [0.3, 0.4) is 0 Å². The average molecular weight is 203 g/mol. The molecular formula is C9H17NO2S. The third kappa shape index (κ3) is 7.82. The van der Waals surface area contributed by atoms with Crippen molar-refractivity contribution in [1.29, 1.82) is 0 Å². The highest BCUT2D eigenvalue weighted by molar-refractivity contribution is 7.91. The second-order valence-corrected chi connectivity index (χ2v) is 5.27. The molecule has 0 aromatic heterocycles. The van der Waals surface area contributed by atoms with Crippen molar-refractivity contribution in [3.05, 3.63) is 0 Å². The van der Waals surface area contributed by atoms with E-state index in [2.05, 4.69) is 11.2 Å². The minimum absolute atomic E-state index is 0.221. The minimum Gasteiger partial charge on any atom is -0.316 e. The number of unbranched alkanes of at least 4 members (excludes halogenated alkanes) is 1. The molecule has 0 unspecified atom stereocenters. The Morgan fingerprint density at radius 2 is 2.08 bits per heavy atom. The third-order valence-electron chi connectivity index (χ3n) is 1.70. The molecule has 4 heteroatoms. The second-order valence-electron chi connectivity index (χ2n) is 2.79. The van der Waals surface area contributed by atoms with E-state index < -0.39 is 9.84 Å². The Kier molecular flexibility index (Phi) is 6.65. The quantitative estimate of drug-likeness (QED) is 0.482. The van der Waals surface area contributed by atoms with Crippen molar-refractivity contribution in [1.82, 2.24) is 5.32 Å². The Balaban J connectivity index is 3.32. The van der Waals surface area contributed by atoms with Crippen molar-refractivity contribution < 1.29 is 8.42 Å². The minimum atomic E-state index is -2.82. The van der Waals surface area contributed by atoms with E-state index in [1.54, 1.807) is 6.92 Å². The number of sulfone groups is 1. The predicted octanol–water partition coefficient (Wildman–Crippen LogP) is 0.424. The number of rotatable bonds is 7. The first-order chi connectivity index (χ1) is 6.12. The van der Waals surface area contributed by atoms with Gasteiger partial charge in [-0.2, -0.15) is 0 Å². The van der Waals surface area contributed by atoms with Gasteiger partial charge in [-0.25, -0.2) is 8.42 Å². The lowest BCUT2D eigenvalue weighted by Crippen LogP contribution is -2.24. The zero-order valence-electron chi connectivity index (χ0n) is 8.04. The van der Waals surface area contributed by atoms with E-state index >= 15 is 0 Å². The summed E-state index contributed by atoms with van der Waals surface area (Å²) in [6.45, 7) is 2.98. The summed E-state index contributed by atoms with van der Waals surface area (Å²) >= 11 is 0. The topological polar surface area (TPSA) is 46.2 Å². The molecule has 0 aromatic carbocycles. The first kappa shape index (κ1) is 12.5. The molecule has 0 spiro atoms. The highest BCUT2D eigenvalue weighted by Gasteiger charge is 2.05. The van der Waals surface area contributed by atoms with Crippen molar-refractivity contribution in [2.75, 3.05) is 24.6 Å². The molecule has 3 nitrogen and oxygen atoms in total. The Morgan fingerprint density at radius 1 is 1.38 bits per heavy atom. The van der Waals surface area contributed by atoms with Crippen LogP contribution in [0.1, 0.15) is 19.8 Å². The number of hydrogen-bond acceptors (Lipinski definition) is 3. The second kappa shape index (κ2) is 6.93. The van der Waals surface area contributed by atoms with E-state index in [1.807, 2.05) is 0 Å². The van der Waals surface area contributed by atoms with Gasteiger partial charge in [0.05, 0.1) is 5.75 Å². The van der Waals surface area contributed by atoms with Crippen LogP contribution < -0.4 is 5.32 Å². The molecule has 0 fully saturated rings. The molecule has 1 N–H and O–H groups in total. The monoisotopic (exact) mass is 203 g/mol. The number of nitrogens with one attached hydrogen (secondary N) is 1. The van der Waals surface area contributed by atoms with Crippen LogP contribution in [0.2, 0.25) is 0 Å². The maximum absolute atomic E-state index is 11.0. The van der Waals surface area contributed by atoms with Gasteiger partial charge in [0.2, 0.25) is 0 Å². The number of terminal acetylenes is 1. The summed E-state index contributed by atoms with van der Waals surface area (Å²) in [5.41, 5.74) is 0. The standard InChI is InChI=1S/C9H17NO2S/c1-3-5-6-7-10-8-9-13(11,12)4-2/h1,10H,4-9H2,2H3. The van der Waals surface area contributed by atoms with Crippen LogP contribution in [0.25, 0.3) is 0 Å². The number of hydrogen-bond donors (Lipinski definition) is 1. The van der Waals surface area contributed by atoms with Crippen LogP contribution in [0.5, 0.6) is 0 Å². The summed E-state index contributed by atoms with van der Waals surface area (Å²) in [5.74, 6) is 2.97. The normalized spacial score (nSPS) is 11.1. The molecule has 0 aliphatic carbocycles. The zero-order valence-corrected chi connectivity index (χ0v) is 8.86. The van der Waals surface area contributed by atoms with Crippen LogP contribution in [0.15, 0.2) is 0 Å². The lowest BCUT2D eigenvalue weighted by atomic mass is 10.3. The van der Waals surface area contributed by atoms with Crippen LogP contribution in [0, 0.1) is 12.3 Å². The van der Waals surface area contributed by atoms with E-state index in [0.29, 0.717) is 6.54 Å². The molecule has 13 heavy (non-hydrogen) atoms. The van der Waals surface area contributed by atoms with Gasteiger partial charge in [-0.05, 0) is 13.0 Å². The van der Waals surface area contributed by atoms with Crippen molar-refractivity contribution in [3.63, 3.8) is 0 Å².